The minimum absolute atomic E-state index is 0.522. The minimum atomic E-state index is 0.522. The van der Waals surface area contributed by atoms with Gasteiger partial charge in [0.05, 0.1) is 0 Å². The van der Waals surface area contributed by atoms with Gasteiger partial charge in [0, 0.05) is 27.3 Å². The standard InChI is InChI=1S/C14H8BrClN2O/c15-10-3-1-9(2-4-10)14-12(8-19)18-6-5-11(16)7-13(18)17-14/h1-8H. The molecule has 0 unspecified atom stereocenters. The molecule has 2 aromatic heterocycles. The molecule has 19 heavy (non-hydrogen) atoms. The minimum Gasteiger partial charge on any atom is -0.297 e. The molecule has 0 bridgehead atoms. The zero-order valence-electron chi connectivity index (χ0n) is 9.68. The highest BCUT2D eigenvalue weighted by Crippen LogP contribution is 2.25. The van der Waals surface area contributed by atoms with Crippen LogP contribution in [0.4, 0.5) is 0 Å². The molecule has 0 saturated carbocycles. The third-order valence-corrected chi connectivity index (χ3v) is 3.62. The SMILES string of the molecule is O=Cc1c(-c2ccc(Br)cc2)nc2cc(Cl)ccn12. The second-order valence-corrected chi connectivity index (χ2v) is 5.40. The lowest BCUT2D eigenvalue weighted by Gasteiger charge is -1.99. The molecule has 0 spiro atoms. The molecule has 0 aliphatic heterocycles. The summed E-state index contributed by atoms with van der Waals surface area (Å²) in [5.41, 5.74) is 2.73. The van der Waals surface area contributed by atoms with Crippen molar-refractivity contribution >= 4 is 39.5 Å². The van der Waals surface area contributed by atoms with Crippen molar-refractivity contribution in [2.24, 2.45) is 0 Å². The van der Waals surface area contributed by atoms with Crippen LogP contribution in [0.3, 0.4) is 0 Å². The van der Waals surface area contributed by atoms with Gasteiger partial charge in [0.2, 0.25) is 0 Å². The molecule has 3 rings (SSSR count). The van der Waals surface area contributed by atoms with E-state index in [2.05, 4.69) is 20.9 Å². The number of fused-ring (bicyclic) bond motifs is 1. The molecule has 0 amide bonds. The predicted octanol–water partition coefficient (Wildman–Crippen LogP) is 4.23. The Balaban J connectivity index is 2.28. The molecule has 0 N–H and O–H groups in total. The van der Waals surface area contributed by atoms with E-state index < -0.39 is 0 Å². The molecular formula is C14H8BrClN2O. The van der Waals surface area contributed by atoms with Gasteiger partial charge in [-0.05, 0) is 18.2 Å². The Labute approximate surface area is 123 Å². The molecule has 0 saturated heterocycles. The molecule has 3 nitrogen and oxygen atoms in total. The van der Waals surface area contributed by atoms with Crippen LogP contribution in [-0.4, -0.2) is 15.7 Å². The van der Waals surface area contributed by atoms with Crippen molar-refractivity contribution in [1.82, 2.24) is 9.38 Å². The van der Waals surface area contributed by atoms with Crippen LogP contribution < -0.4 is 0 Å². The van der Waals surface area contributed by atoms with Crippen LogP contribution in [0.15, 0.2) is 47.1 Å². The highest BCUT2D eigenvalue weighted by Gasteiger charge is 2.13. The normalized spacial score (nSPS) is 10.8. The van der Waals surface area contributed by atoms with Crippen LogP contribution in [0.2, 0.25) is 5.02 Å². The lowest BCUT2D eigenvalue weighted by atomic mass is 10.1. The molecule has 5 heteroatoms. The zero-order chi connectivity index (χ0) is 13.4. The highest BCUT2D eigenvalue weighted by atomic mass is 79.9. The van der Waals surface area contributed by atoms with Gasteiger partial charge in [-0.2, -0.15) is 0 Å². The van der Waals surface area contributed by atoms with Crippen molar-refractivity contribution in [2.45, 2.75) is 0 Å². The summed E-state index contributed by atoms with van der Waals surface area (Å²) >= 11 is 9.33. The molecule has 2 heterocycles. The maximum Gasteiger partial charge on any atom is 0.169 e. The fraction of sp³-hybridized carbons (Fsp3) is 0. The average Bonchev–Trinajstić information content (AvgIpc) is 2.77. The summed E-state index contributed by atoms with van der Waals surface area (Å²) in [6, 6.07) is 11.1. The van der Waals surface area contributed by atoms with Crippen LogP contribution in [0.5, 0.6) is 0 Å². The second kappa shape index (κ2) is 4.79. The number of nitrogens with zero attached hydrogens (tertiary/aromatic N) is 2. The number of rotatable bonds is 2. The van der Waals surface area contributed by atoms with Gasteiger partial charge in [-0.25, -0.2) is 4.98 Å². The first kappa shape index (κ1) is 12.4. The van der Waals surface area contributed by atoms with Gasteiger partial charge in [0.25, 0.3) is 0 Å². The predicted molar refractivity (Wildman–Crippen MR) is 78.7 cm³/mol. The van der Waals surface area contributed by atoms with E-state index in [1.165, 1.54) is 0 Å². The van der Waals surface area contributed by atoms with Crippen molar-refractivity contribution in [3.05, 3.63) is 57.8 Å². The lowest BCUT2D eigenvalue weighted by molar-refractivity contribution is 0.111. The number of hydrogen-bond acceptors (Lipinski definition) is 2. The summed E-state index contributed by atoms with van der Waals surface area (Å²) in [6.07, 6.45) is 2.56. The number of carbonyl (C=O) groups excluding carboxylic acids is 1. The van der Waals surface area contributed by atoms with Gasteiger partial charge in [-0.1, -0.05) is 39.7 Å². The number of carbonyl (C=O) groups is 1. The van der Waals surface area contributed by atoms with Crippen LogP contribution in [-0.2, 0) is 0 Å². The zero-order valence-corrected chi connectivity index (χ0v) is 12.0. The summed E-state index contributed by atoms with van der Waals surface area (Å²) in [7, 11) is 0. The first-order chi connectivity index (χ1) is 9.19. The molecule has 94 valence electrons. The third kappa shape index (κ3) is 2.17. The average molecular weight is 336 g/mol. The molecule has 0 radical (unpaired) electrons. The fourth-order valence-corrected chi connectivity index (χ4v) is 2.39. The van der Waals surface area contributed by atoms with Gasteiger partial charge in [0.1, 0.15) is 17.0 Å². The summed E-state index contributed by atoms with van der Waals surface area (Å²) in [4.78, 5) is 15.8. The van der Waals surface area contributed by atoms with Crippen LogP contribution in [0, 0.1) is 0 Å². The first-order valence-electron chi connectivity index (χ1n) is 5.58. The van der Waals surface area contributed by atoms with Crippen molar-refractivity contribution in [2.75, 3.05) is 0 Å². The number of aromatic nitrogens is 2. The van der Waals surface area contributed by atoms with Gasteiger partial charge in [-0.3, -0.25) is 9.20 Å². The largest absolute Gasteiger partial charge is 0.297 e. The highest BCUT2D eigenvalue weighted by molar-refractivity contribution is 9.10. The molecular weight excluding hydrogens is 328 g/mol. The molecule has 0 fully saturated rings. The van der Waals surface area contributed by atoms with E-state index >= 15 is 0 Å². The topological polar surface area (TPSA) is 34.4 Å². The Morgan fingerprint density at radius 3 is 2.63 bits per heavy atom. The van der Waals surface area contributed by atoms with Gasteiger partial charge >= 0.3 is 0 Å². The molecule has 0 aliphatic rings. The van der Waals surface area contributed by atoms with Gasteiger partial charge in [0.15, 0.2) is 6.29 Å². The van der Waals surface area contributed by atoms with E-state index in [4.69, 9.17) is 11.6 Å². The van der Waals surface area contributed by atoms with E-state index in [1.54, 1.807) is 22.7 Å². The van der Waals surface area contributed by atoms with Crippen molar-refractivity contribution in [3.63, 3.8) is 0 Å². The van der Waals surface area contributed by atoms with E-state index in [0.717, 1.165) is 16.3 Å². The smallest absolute Gasteiger partial charge is 0.169 e. The van der Waals surface area contributed by atoms with E-state index in [0.29, 0.717) is 22.1 Å². The molecule has 0 atom stereocenters. The number of imidazole rings is 1. The van der Waals surface area contributed by atoms with Gasteiger partial charge < -0.3 is 0 Å². The second-order valence-electron chi connectivity index (χ2n) is 4.04. The van der Waals surface area contributed by atoms with Crippen LogP contribution in [0.25, 0.3) is 16.9 Å². The van der Waals surface area contributed by atoms with E-state index in [-0.39, 0.29) is 0 Å². The van der Waals surface area contributed by atoms with Crippen molar-refractivity contribution in [3.8, 4) is 11.3 Å². The van der Waals surface area contributed by atoms with Crippen molar-refractivity contribution < 1.29 is 4.79 Å². The number of hydrogen-bond donors (Lipinski definition) is 0. The number of halogens is 2. The summed E-state index contributed by atoms with van der Waals surface area (Å²) < 4.78 is 2.71. The Morgan fingerprint density at radius 2 is 1.95 bits per heavy atom. The summed E-state index contributed by atoms with van der Waals surface area (Å²) in [5, 5.41) is 0.595. The Kier molecular flexibility index (Phi) is 3.12. The maximum absolute atomic E-state index is 11.3. The maximum atomic E-state index is 11.3. The Bertz CT molecular complexity index is 765. The van der Waals surface area contributed by atoms with E-state index in [1.807, 2.05) is 24.3 Å². The number of benzene rings is 1. The number of aldehydes is 1. The molecule has 0 aliphatic carbocycles. The molecule has 1 aromatic carbocycles. The fourth-order valence-electron chi connectivity index (χ4n) is 1.97. The van der Waals surface area contributed by atoms with Crippen molar-refractivity contribution in [1.29, 1.82) is 0 Å². The monoisotopic (exact) mass is 334 g/mol. The summed E-state index contributed by atoms with van der Waals surface area (Å²) in [5.74, 6) is 0. The quantitative estimate of drug-likeness (QED) is 0.657. The van der Waals surface area contributed by atoms with E-state index in [9.17, 15) is 4.79 Å². The third-order valence-electron chi connectivity index (χ3n) is 2.85. The number of pyridine rings is 1. The Morgan fingerprint density at radius 1 is 1.21 bits per heavy atom. The Hall–Kier alpha value is -1.65. The first-order valence-corrected chi connectivity index (χ1v) is 6.75. The summed E-state index contributed by atoms with van der Waals surface area (Å²) in [6.45, 7) is 0. The van der Waals surface area contributed by atoms with Crippen LogP contribution >= 0.6 is 27.5 Å². The van der Waals surface area contributed by atoms with Gasteiger partial charge in [-0.15, -0.1) is 0 Å². The lowest BCUT2D eigenvalue weighted by Crippen LogP contribution is -1.91. The van der Waals surface area contributed by atoms with Crippen LogP contribution in [0.1, 0.15) is 10.5 Å². The molecule has 3 aromatic rings.